The van der Waals surface area contributed by atoms with Gasteiger partial charge in [-0.05, 0) is 48.4 Å². The molecule has 0 aliphatic heterocycles. The molecule has 2 aromatic carbocycles. The molecule has 1 atom stereocenters. The van der Waals surface area contributed by atoms with E-state index in [9.17, 15) is 0 Å². The Kier molecular flexibility index (Phi) is 4.77. The molecule has 110 valence electrons. The maximum atomic E-state index is 3.82. The fourth-order valence-electron chi connectivity index (χ4n) is 3.21. The predicted octanol–water partition coefficient (Wildman–Crippen LogP) is 5.44. The van der Waals surface area contributed by atoms with Gasteiger partial charge in [0.1, 0.15) is 0 Å². The molecule has 0 spiro atoms. The second-order valence-electron chi connectivity index (χ2n) is 5.96. The van der Waals surface area contributed by atoms with Crippen molar-refractivity contribution in [2.45, 2.75) is 44.2 Å². The molecule has 1 unspecified atom stereocenters. The van der Waals surface area contributed by atoms with E-state index in [4.69, 9.17) is 0 Å². The van der Waals surface area contributed by atoms with E-state index in [0.717, 1.165) is 6.42 Å². The lowest BCUT2D eigenvalue weighted by Gasteiger charge is -2.39. The highest BCUT2D eigenvalue weighted by atomic mass is 79.9. The standard InChI is InChI=1S/C19H22BrN/c1-2-19(14-7-4-3-5-8-14)21-18-12-16(13-18)15-9-6-10-17(20)11-15/h3-11,16,18-19,21H,2,12-13H2,1H3. The van der Waals surface area contributed by atoms with Gasteiger partial charge in [-0.25, -0.2) is 0 Å². The summed E-state index contributed by atoms with van der Waals surface area (Å²) >= 11 is 3.57. The normalized spacial score (nSPS) is 22.6. The number of rotatable bonds is 5. The molecular formula is C19H22BrN. The molecule has 0 amide bonds. The van der Waals surface area contributed by atoms with Crippen LogP contribution in [0.2, 0.25) is 0 Å². The second kappa shape index (κ2) is 6.76. The van der Waals surface area contributed by atoms with E-state index >= 15 is 0 Å². The van der Waals surface area contributed by atoms with E-state index < -0.39 is 0 Å². The Morgan fingerprint density at radius 3 is 2.52 bits per heavy atom. The molecule has 1 aliphatic carbocycles. The van der Waals surface area contributed by atoms with Gasteiger partial charge in [0, 0.05) is 16.6 Å². The molecule has 1 N–H and O–H groups in total. The van der Waals surface area contributed by atoms with E-state index in [0.29, 0.717) is 18.0 Å². The van der Waals surface area contributed by atoms with Gasteiger partial charge < -0.3 is 5.32 Å². The topological polar surface area (TPSA) is 12.0 Å². The third kappa shape index (κ3) is 3.56. The number of hydrogen-bond donors (Lipinski definition) is 1. The molecule has 0 aromatic heterocycles. The average molecular weight is 344 g/mol. The van der Waals surface area contributed by atoms with Crippen LogP contribution in [0.25, 0.3) is 0 Å². The fourth-order valence-corrected chi connectivity index (χ4v) is 3.62. The summed E-state index contributed by atoms with van der Waals surface area (Å²) in [6.07, 6.45) is 3.64. The van der Waals surface area contributed by atoms with Gasteiger partial charge in [-0.15, -0.1) is 0 Å². The van der Waals surface area contributed by atoms with Gasteiger partial charge >= 0.3 is 0 Å². The van der Waals surface area contributed by atoms with Crippen LogP contribution in [0.3, 0.4) is 0 Å². The minimum absolute atomic E-state index is 0.486. The first-order valence-corrected chi connectivity index (χ1v) is 8.62. The third-order valence-corrected chi connectivity index (χ3v) is 5.00. The van der Waals surface area contributed by atoms with E-state index in [-0.39, 0.29) is 0 Å². The Balaban J connectivity index is 1.57. The van der Waals surface area contributed by atoms with Crippen LogP contribution < -0.4 is 5.32 Å². The van der Waals surface area contributed by atoms with E-state index in [1.54, 1.807) is 0 Å². The van der Waals surface area contributed by atoms with Crippen LogP contribution in [0, 0.1) is 0 Å². The van der Waals surface area contributed by atoms with Crippen molar-refractivity contribution < 1.29 is 0 Å². The quantitative estimate of drug-likeness (QED) is 0.762. The Labute approximate surface area is 135 Å². The minimum Gasteiger partial charge on any atom is -0.307 e. The Hall–Kier alpha value is -1.12. The molecule has 1 fully saturated rings. The van der Waals surface area contributed by atoms with E-state index in [1.165, 1.54) is 28.4 Å². The highest BCUT2D eigenvalue weighted by Gasteiger charge is 2.31. The minimum atomic E-state index is 0.486. The number of halogens is 1. The van der Waals surface area contributed by atoms with Crippen molar-refractivity contribution in [2.75, 3.05) is 0 Å². The van der Waals surface area contributed by atoms with Gasteiger partial charge in [-0.3, -0.25) is 0 Å². The van der Waals surface area contributed by atoms with Crippen LogP contribution in [-0.2, 0) is 0 Å². The van der Waals surface area contributed by atoms with Crippen molar-refractivity contribution in [2.24, 2.45) is 0 Å². The molecule has 0 saturated heterocycles. The zero-order chi connectivity index (χ0) is 14.7. The molecule has 1 nitrogen and oxygen atoms in total. The molecular weight excluding hydrogens is 322 g/mol. The molecule has 2 aromatic rings. The number of nitrogens with one attached hydrogen (secondary N) is 1. The van der Waals surface area contributed by atoms with E-state index in [1.807, 2.05) is 0 Å². The van der Waals surface area contributed by atoms with Gasteiger partial charge in [0.25, 0.3) is 0 Å². The smallest absolute Gasteiger partial charge is 0.0320 e. The summed E-state index contributed by atoms with van der Waals surface area (Å²) in [5.74, 6) is 0.716. The van der Waals surface area contributed by atoms with Gasteiger partial charge in [-0.2, -0.15) is 0 Å². The van der Waals surface area contributed by atoms with Gasteiger partial charge in [0.05, 0.1) is 0 Å². The van der Waals surface area contributed by atoms with Crippen molar-refractivity contribution in [3.05, 3.63) is 70.2 Å². The highest BCUT2D eigenvalue weighted by Crippen LogP contribution is 2.38. The molecule has 3 rings (SSSR count). The lowest BCUT2D eigenvalue weighted by molar-refractivity contribution is 0.262. The van der Waals surface area contributed by atoms with Gasteiger partial charge in [0.2, 0.25) is 0 Å². The summed E-state index contributed by atoms with van der Waals surface area (Å²) in [6, 6.07) is 20.7. The Bertz CT molecular complexity index is 575. The first-order chi connectivity index (χ1) is 10.3. The monoisotopic (exact) mass is 343 g/mol. The van der Waals surface area contributed by atoms with Crippen LogP contribution in [-0.4, -0.2) is 6.04 Å². The van der Waals surface area contributed by atoms with Crippen molar-refractivity contribution in [3.63, 3.8) is 0 Å². The fraction of sp³-hybridized carbons (Fsp3) is 0.368. The molecule has 0 radical (unpaired) electrons. The SMILES string of the molecule is CCC(NC1CC(c2cccc(Br)c2)C1)c1ccccc1. The van der Waals surface area contributed by atoms with Crippen molar-refractivity contribution in [3.8, 4) is 0 Å². The highest BCUT2D eigenvalue weighted by molar-refractivity contribution is 9.10. The predicted molar refractivity (Wildman–Crippen MR) is 92.5 cm³/mol. The lowest BCUT2D eigenvalue weighted by Crippen LogP contribution is -2.41. The zero-order valence-corrected chi connectivity index (χ0v) is 14.0. The molecule has 1 aliphatic rings. The summed E-state index contributed by atoms with van der Waals surface area (Å²) < 4.78 is 1.19. The zero-order valence-electron chi connectivity index (χ0n) is 12.4. The van der Waals surface area contributed by atoms with Crippen molar-refractivity contribution in [1.29, 1.82) is 0 Å². The second-order valence-corrected chi connectivity index (χ2v) is 6.87. The van der Waals surface area contributed by atoms with Gasteiger partial charge in [0.15, 0.2) is 0 Å². The van der Waals surface area contributed by atoms with Crippen LogP contribution in [0.15, 0.2) is 59.1 Å². The Morgan fingerprint density at radius 1 is 1.10 bits per heavy atom. The maximum absolute atomic E-state index is 3.82. The first-order valence-electron chi connectivity index (χ1n) is 7.82. The van der Waals surface area contributed by atoms with Crippen LogP contribution in [0.4, 0.5) is 0 Å². The summed E-state index contributed by atoms with van der Waals surface area (Å²) in [6.45, 7) is 2.26. The third-order valence-electron chi connectivity index (χ3n) is 4.51. The number of benzene rings is 2. The van der Waals surface area contributed by atoms with Gasteiger partial charge in [-0.1, -0.05) is 65.3 Å². The summed E-state index contributed by atoms with van der Waals surface area (Å²) in [5, 5.41) is 3.82. The molecule has 21 heavy (non-hydrogen) atoms. The first kappa shape index (κ1) is 14.8. The van der Waals surface area contributed by atoms with Crippen LogP contribution >= 0.6 is 15.9 Å². The molecule has 1 saturated carbocycles. The Morgan fingerprint density at radius 2 is 1.86 bits per heavy atom. The molecule has 0 heterocycles. The maximum Gasteiger partial charge on any atom is 0.0320 e. The summed E-state index contributed by atoms with van der Waals surface area (Å²) in [5.41, 5.74) is 2.88. The summed E-state index contributed by atoms with van der Waals surface area (Å²) in [7, 11) is 0. The van der Waals surface area contributed by atoms with Crippen LogP contribution in [0.1, 0.15) is 49.3 Å². The largest absolute Gasteiger partial charge is 0.307 e. The lowest BCUT2D eigenvalue weighted by atomic mass is 9.75. The molecule has 2 heteroatoms. The average Bonchev–Trinajstić information content (AvgIpc) is 2.47. The van der Waals surface area contributed by atoms with Crippen LogP contribution in [0.5, 0.6) is 0 Å². The molecule has 0 bridgehead atoms. The summed E-state index contributed by atoms with van der Waals surface area (Å²) in [4.78, 5) is 0. The van der Waals surface area contributed by atoms with E-state index in [2.05, 4.69) is 82.8 Å². The van der Waals surface area contributed by atoms with Crippen molar-refractivity contribution in [1.82, 2.24) is 5.32 Å². The number of hydrogen-bond acceptors (Lipinski definition) is 1. The van der Waals surface area contributed by atoms with Crippen molar-refractivity contribution >= 4 is 15.9 Å².